The molecular formula is C12H16ClN3. The van der Waals surface area contributed by atoms with Gasteiger partial charge in [-0.1, -0.05) is 12.1 Å². The number of nitrogens with zero attached hydrogens (tertiary/aromatic N) is 2. The van der Waals surface area contributed by atoms with E-state index in [0.717, 1.165) is 24.4 Å². The van der Waals surface area contributed by atoms with Gasteiger partial charge in [-0.15, -0.1) is 12.4 Å². The Bertz CT molecular complexity index is 486. The number of hydrogen-bond acceptors (Lipinski definition) is 2. The van der Waals surface area contributed by atoms with Gasteiger partial charge in [-0.05, 0) is 32.0 Å². The van der Waals surface area contributed by atoms with Gasteiger partial charge in [0, 0.05) is 12.6 Å². The second-order valence-corrected chi connectivity index (χ2v) is 4.16. The molecule has 0 bridgehead atoms. The monoisotopic (exact) mass is 237 g/mol. The standard InChI is InChI=1S/C12H15N3.ClH/c1-9-14-11-4-2-3-5-12(11)15(9)10-6-7-13-8-10;/h2-5,10,13H,6-8H2,1H3;1H/t10-;/m0./s1. The van der Waals surface area contributed by atoms with E-state index in [4.69, 9.17) is 0 Å². The van der Waals surface area contributed by atoms with Crippen molar-refractivity contribution in [1.29, 1.82) is 0 Å². The summed E-state index contributed by atoms with van der Waals surface area (Å²) >= 11 is 0. The maximum absolute atomic E-state index is 4.59. The van der Waals surface area contributed by atoms with Crippen LogP contribution in [0.1, 0.15) is 18.3 Å². The van der Waals surface area contributed by atoms with Gasteiger partial charge in [0.15, 0.2) is 0 Å². The Morgan fingerprint density at radius 3 is 2.94 bits per heavy atom. The van der Waals surface area contributed by atoms with Crippen molar-refractivity contribution in [2.75, 3.05) is 13.1 Å². The molecule has 0 aliphatic carbocycles. The van der Waals surface area contributed by atoms with Crippen LogP contribution in [0.2, 0.25) is 0 Å². The van der Waals surface area contributed by atoms with Gasteiger partial charge in [0.05, 0.1) is 11.0 Å². The number of para-hydroxylation sites is 2. The van der Waals surface area contributed by atoms with E-state index < -0.39 is 0 Å². The highest BCUT2D eigenvalue weighted by Gasteiger charge is 2.20. The minimum Gasteiger partial charge on any atom is -0.324 e. The van der Waals surface area contributed by atoms with Crippen LogP contribution >= 0.6 is 12.4 Å². The summed E-state index contributed by atoms with van der Waals surface area (Å²) in [5.41, 5.74) is 2.38. The van der Waals surface area contributed by atoms with Gasteiger partial charge in [-0.2, -0.15) is 0 Å². The van der Waals surface area contributed by atoms with Crippen LogP contribution in [0, 0.1) is 6.92 Å². The lowest BCUT2D eigenvalue weighted by Crippen LogP contribution is -2.14. The van der Waals surface area contributed by atoms with E-state index in [9.17, 15) is 0 Å². The lowest BCUT2D eigenvalue weighted by atomic mass is 10.2. The summed E-state index contributed by atoms with van der Waals surface area (Å²) in [5.74, 6) is 1.13. The zero-order valence-electron chi connectivity index (χ0n) is 9.31. The Labute approximate surface area is 101 Å². The maximum atomic E-state index is 4.59. The lowest BCUT2D eigenvalue weighted by molar-refractivity contribution is 0.548. The first-order valence-corrected chi connectivity index (χ1v) is 5.50. The number of halogens is 1. The third kappa shape index (κ3) is 1.70. The van der Waals surface area contributed by atoms with Crippen molar-refractivity contribution < 1.29 is 0 Å². The van der Waals surface area contributed by atoms with Gasteiger partial charge in [0.1, 0.15) is 5.82 Å². The van der Waals surface area contributed by atoms with Crippen LogP contribution in [-0.4, -0.2) is 22.6 Å². The molecule has 1 N–H and O–H groups in total. The van der Waals surface area contributed by atoms with Crippen LogP contribution in [0.15, 0.2) is 24.3 Å². The van der Waals surface area contributed by atoms with Crippen molar-refractivity contribution in [2.45, 2.75) is 19.4 Å². The second-order valence-electron chi connectivity index (χ2n) is 4.16. The number of fused-ring (bicyclic) bond motifs is 1. The molecule has 1 fully saturated rings. The fourth-order valence-electron chi connectivity index (χ4n) is 2.49. The largest absolute Gasteiger partial charge is 0.324 e. The molecule has 4 heteroatoms. The number of nitrogens with one attached hydrogen (secondary N) is 1. The summed E-state index contributed by atoms with van der Waals surface area (Å²) in [6.45, 7) is 4.29. The Hall–Kier alpha value is -1.06. The molecule has 0 saturated carbocycles. The Balaban J connectivity index is 0.000000963. The van der Waals surface area contributed by atoms with Crippen LogP contribution in [0.3, 0.4) is 0 Å². The first-order valence-electron chi connectivity index (χ1n) is 5.50. The highest BCUT2D eigenvalue weighted by Crippen LogP contribution is 2.24. The number of benzene rings is 1. The SMILES string of the molecule is Cc1nc2ccccc2n1[C@H]1CCNC1.Cl. The summed E-state index contributed by atoms with van der Waals surface area (Å²) in [6, 6.07) is 8.96. The van der Waals surface area contributed by atoms with E-state index >= 15 is 0 Å². The molecule has 1 aromatic carbocycles. The van der Waals surface area contributed by atoms with Gasteiger partial charge in [0.2, 0.25) is 0 Å². The average Bonchev–Trinajstić information content (AvgIpc) is 2.82. The highest BCUT2D eigenvalue weighted by molar-refractivity contribution is 5.85. The molecule has 3 rings (SSSR count). The molecule has 0 amide bonds. The Kier molecular flexibility index (Phi) is 3.17. The summed E-state index contributed by atoms with van der Waals surface area (Å²) in [7, 11) is 0. The molecule has 3 nitrogen and oxygen atoms in total. The molecule has 1 aromatic heterocycles. The van der Waals surface area contributed by atoms with E-state index in [1.807, 2.05) is 6.07 Å². The molecule has 1 aliphatic rings. The van der Waals surface area contributed by atoms with Gasteiger partial charge >= 0.3 is 0 Å². The molecule has 2 heterocycles. The number of aryl methyl sites for hydroxylation is 1. The van der Waals surface area contributed by atoms with Crippen LogP contribution < -0.4 is 5.32 Å². The van der Waals surface area contributed by atoms with Crippen molar-refractivity contribution >= 4 is 23.4 Å². The van der Waals surface area contributed by atoms with Crippen LogP contribution in [0.25, 0.3) is 11.0 Å². The van der Waals surface area contributed by atoms with E-state index in [0.29, 0.717) is 6.04 Å². The number of aromatic nitrogens is 2. The van der Waals surface area contributed by atoms with Crippen LogP contribution in [0.4, 0.5) is 0 Å². The summed E-state index contributed by atoms with van der Waals surface area (Å²) in [4.78, 5) is 4.59. The molecule has 1 saturated heterocycles. The molecule has 0 unspecified atom stereocenters. The summed E-state index contributed by atoms with van der Waals surface area (Å²) < 4.78 is 2.37. The molecular weight excluding hydrogens is 222 g/mol. The quantitative estimate of drug-likeness (QED) is 0.825. The third-order valence-electron chi connectivity index (χ3n) is 3.17. The zero-order valence-corrected chi connectivity index (χ0v) is 10.1. The fourth-order valence-corrected chi connectivity index (χ4v) is 2.49. The van der Waals surface area contributed by atoms with Crippen molar-refractivity contribution in [1.82, 2.24) is 14.9 Å². The van der Waals surface area contributed by atoms with E-state index in [-0.39, 0.29) is 12.4 Å². The van der Waals surface area contributed by atoms with Crippen LogP contribution in [0.5, 0.6) is 0 Å². The van der Waals surface area contributed by atoms with Gasteiger partial charge in [0.25, 0.3) is 0 Å². The van der Waals surface area contributed by atoms with E-state index in [2.05, 4.69) is 40.0 Å². The summed E-state index contributed by atoms with van der Waals surface area (Å²) in [6.07, 6.45) is 1.21. The van der Waals surface area contributed by atoms with E-state index in [1.165, 1.54) is 11.9 Å². The Morgan fingerprint density at radius 2 is 2.19 bits per heavy atom. The van der Waals surface area contributed by atoms with Crippen molar-refractivity contribution in [3.05, 3.63) is 30.1 Å². The fraction of sp³-hybridized carbons (Fsp3) is 0.417. The molecule has 0 radical (unpaired) electrons. The molecule has 2 aromatic rings. The van der Waals surface area contributed by atoms with Crippen LogP contribution in [-0.2, 0) is 0 Å². The first-order chi connectivity index (χ1) is 7.36. The normalized spacial score (nSPS) is 19.9. The second kappa shape index (κ2) is 4.44. The Morgan fingerprint density at radius 1 is 1.38 bits per heavy atom. The molecule has 1 aliphatic heterocycles. The molecule has 1 atom stereocenters. The summed E-state index contributed by atoms with van der Waals surface area (Å²) in [5, 5.41) is 3.40. The highest BCUT2D eigenvalue weighted by atomic mass is 35.5. The van der Waals surface area contributed by atoms with Crippen molar-refractivity contribution in [3.8, 4) is 0 Å². The van der Waals surface area contributed by atoms with Gasteiger partial charge < -0.3 is 9.88 Å². The van der Waals surface area contributed by atoms with Crippen molar-refractivity contribution in [2.24, 2.45) is 0 Å². The number of rotatable bonds is 1. The smallest absolute Gasteiger partial charge is 0.107 e. The average molecular weight is 238 g/mol. The number of hydrogen-bond donors (Lipinski definition) is 1. The first kappa shape index (κ1) is 11.4. The minimum absolute atomic E-state index is 0. The minimum atomic E-state index is 0. The molecule has 0 spiro atoms. The van der Waals surface area contributed by atoms with Crippen molar-refractivity contribution in [3.63, 3.8) is 0 Å². The maximum Gasteiger partial charge on any atom is 0.107 e. The zero-order chi connectivity index (χ0) is 10.3. The lowest BCUT2D eigenvalue weighted by Gasteiger charge is -2.13. The predicted octanol–water partition coefficient (Wildman–Crippen LogP) is 2.30. The molecule has 16 heavy (non-hydrogen) atoms. The number of imidazole rings is 1. The van der Waals surface area contributed by atoms with E-state index in [1.54, 1.807) is 0 Å². The third-order valence-corrected chi connectivity index (χ3v) is 3.17. The van der Waals surface area contributed by atoms with Gasteiger partial charge in [-0.3, -0.25) is 0 Å². The molecule has 86 valence electrons. The van der Waals surface area contributed by atoms with Gasteiger partial charge in [-0.25, -0.2) is 4.98 Å². The predicted molar refractivity (Wildman–Crippen MR) is 68.2 cm³/mol. The topological polar surface area (TPSA) is 29.9 Å².